The van der Waals surface area contributed by atoms with Gasteiger partial charge in [0.25, 0.3) is 0 Å². The molecule has 1 aromatic rings. The molecule has 3 nitrogen and oxygen atoms in total. The maximum absolute atomic E-state index is 12.8. The first kappa shape index (κ1) is 25.9. The first-order valence-corrected chi connectivity index (χ1v) is 15.6. The molecule has 4 saturated carbocycles. The summed E-state index contributed by atoms with van der Waals surface area (Å²) in [4.78, 5) is 12.8. The number of fused-ring (bicyclic) bond motifs is 4. The summed E-state index contributed by atoms with van der Waals surface area (Å²) < 4.78 is 12.8. The van der Waals surface area contributed by atoms with Crippen molar-refractivity contribution in [2.45, 2.75) is 123 Å². The molecule has 10 atom stereocenters. The number of ether oxygens (including phenoxy) is 2. The molecule has 204 valence electrons. The van der Waals surface area contributed by atoms with Crippen LogP contribution in [-0.4, -0.2) is 23.8 Å². The largest absolute Gasteiger partial charge is 0.459 e. The lowest BCUT2D eigenvalue weighted by Gasteiger charge is -2.59. The summed E-state index contributed by atoms with van der Waals surface area (Å²) in [7, 11) is 0. The molecule has 4 aliphatic carbocycles. The van der Waals surface area contributed by atoms with Gasteiger partial charge in [-0.2, -0.15) is 0 Å². The molecular weight excluding hydrogens is 456 g/mol. The number of benzene rings is 1. The zero-order valence-electron chi connectivity index (χ0n) is 24.0. The summed E-state index contributed by atoms with van der Waals surface area (Å²) >= 11 is 0. The van der Waals surface area contributed by atoms with Crippen LogP contribution in [0.2, 0.25) is 0 Å². The van der Waals surface area contributed by atoms with Crippen LogP contribution in [0.1, 0.15) is 116 Å². The highest BCUT2D eigenvalue weighted by Crippen LogP contribution is 2.74. The number of esters is 1. The summed E-state index contributed by atoms with van der Waals surface area (Å²) in [6.07, 6.45) is 14.5. The Labute approximate surface area is 225 Å². The van der Waals surface area contributed by atoms with Gasteiger partial charge in [-0.15, -0.1) is 0 Å². The van der Waals surface area contributed by atoms with Gasteiger partial charge in [-0.3, -0.25) is 0 Å². The molecule has 1 spiro atoms. The standard InChI is InChI=1S/C34H50O3/c1-22(2)10-9-11-23(3)27-14-15-28-26-20-30-34(37-30)21-25(36-31(35)24-12-7-6-8-13-24)16-19-33(34,5)29(26)17-18-32(27,28)4/h6-8,12-13,22-23,25-30H,9-11,14-21H2,1-5H3/t23-,25-,26+,27-,28+,29+,30-,32-,33+,34-/m0/s1. The van der Waals surface area contributed by atoms with E-state index in [9.17, 15) is 4.79 Å². The highest BCUT2D eigenvalue weighted by molar-refractivity contribution is 5.89. The van der Waals surface area contributed by atoms with Crippen LogP contribution in [0.15, 0.2) is 30.3 Å². The Balaban J connectivity index is 1.14. The number of carbonyl (C=O) groups is 1. The third-order valence-corrected chi connectivity index (χ3v) is 12.5. The fraction of sp³-hybridized carbons (Fsp3) is 0.794. The van der Waals surface area contributed by atoms with Gasteiger partial charge < -0.3 is 9.47 Å². The average Bonchev–Trinajstić information content (AvgIpc) is 3.45. The summed E-state index contributed by atoms with van der Waals surface area (Å²) in [5, 5.41) is 0. The molecule has 1 aromatic carbocycles. The molecule has 37 heavy (non-hydrogen) atoms. The highest BCUT2D eigenvalue weighted by Gasteiger charge is 2.76. The summed E-state index contributed by atoms with van der Waals surface area (Å²) in [6, 6.07) is 9.47. The molecule has 3 heteroatoms. The number of epoxide rings is 1. The van der Waals surface area contributed by atoms with Crippen LogP contribution in [0.3, 0.4) is 0 Å². The first-order chi connectivity index (χ1) is 17.7. The van der Waals surface area contributed by atoms with E-state index in [1.54, 1.807) is 0 Å². The van der Waals surface area contributed by atoms with Gasteiger partial charge in [0.1, 0.15) is 11.7 Å². The van der Waals surface area contributed by atoms with Crippen molar-refractivity contribution in [3.63, 3.8) is 0 Å². The van der Waals surface area contributed by atoms with Crippen LogP contribution in [0.5, 0.6) is 0 Å². The monoisotopic (exact) mass is 506 g/mol. The summed E-state index contributed by atoms with van der Waals surface area (Å²) in [5.41, 5.74) is 1.36. The average molecular weight is 507 g/mol. The second-order valence-corrected chi connectivity index (χ2v) is 14.7. The van der Waals surface area contributed by atoms with Crippen molar-refractivity contribution in [1.29, 1.82) is 0 Å². The van der Waals surface area contributed by atoms with Gasteiger partial charge in [0, 0.05) is 11.8 Å². The van der Waals surface area contributed by atoms with Crippen molar-refractivity contribution in [3.05, 3.63) is 35.9 Å². The minimum Gasteiger partial charge on any atom is -0.459 e. The van der Waals surface area contributed by atoms with E-state index < -0.39 is 0 Å². The molecule has 0 aromatic heterocycles. The number of hydrogen-bond donors (Lipinski definition) is 0. The molecule has 0 unspecified atom stereocenters. The molecule has 0 amide bonds. The smallest absolute Gasteiger partial charge is 0.338 e. The lowest BCUT2D eigenvalue weighted by atomic mass is 9.44. The van der Waals surface area contributed by atoms with E-state index in [2.05, 4.69) is 34.6 Å². The van der Waals surface area contributed by atoms with Gasteiger partial charge in [-0.25, -0.2) is 4.79 Å². The zero-order chi connectivity index (χ0) is 26.0. The van der Waals surface area contributed by atoms with E-state index in [1.165, 1.54) is 51.4 Å². The Morgan fingerprint density at radius 3 is 2.54 bits per heavy atom. The van der Waals surface area contributed by atoms with E-state index in [0.717, 1.165) is 54.8 Å². The molecular formula is C34H50O3. The Morgan fingerprint density at radius 2 is 1.78 bits per heavy atom. The van der Waals surface area contributed by atoms with Crippen molar-refractivity contribution < 1.29 is 14.3 Å². The van der Waals surface area contributed by atoms with Crippen LogP contribution in [0, 0.1) is 46.3 Å². The van der Waals surface area contributed by atoms with Crippen LogP contribution < -0.4 is 0 Å². The molecule has 0 bridgehead atoms. The Morgan fingerprint density at radius 1 is 1.00 bits per heavy atom. The Hall–Kier alpha value is -1.35. The highest BCUT2D eigenvalue weighted by atomic mass is 16.6. The van der Waals surface area contributed by atoms with Crippen molar-refractivity contribution in [1.82, 2.24) is 0 Å². The lowest BCUT2D eigenvalue weighted by Crippen LogP contribution is -2.59. The van der Waals surface area contributed by atoms with Gasteiger partial charge in [-0.1, -0.05) is 72.1 Å². The number of hydrogen-bond acceptors (Lipinski definition) is 3. The number of carbonyl (C=O) groups excluding carboxylic acids is 1. The normalized spacial score (nSPS) is 44.8. The molecule has 1 heterocycles. The molecule has 6 rings (SSSR count). The third-order valence-electron chi connectivity index (χ3n) is 12.5. The van der Waals surface area contributed by atoms with Crippen LogP contribution in [0.25, 0.3) is 0 Å². The predicted molar refractivity (Wildman–Crippen MR) is 148 cm³/mol. The van der Waals surface area contributed by atoms with Crippen LogP contribution >= 0.6 is 0 Å². The van der Waals surface area contributed by atoms with E-state index in [0.29, 0.717) is 17.1 Å². The van der Waals surface area contributed by atoms with Gasteiger partial charge in [0.15, 0.2) is 0 Å². The Kier molecular flexibility index (Phi) is 6.57. The fourth-order valence-corrected chi connectivity index (χ4v) is 10.6. The van der Waals surface area contributed by atoms with Gasteiger partial charge in [-0.05, 0) is 98.0 Å². The zero-order valence-corrected chi connectivity index (χ0v) is 24.0. The fourth-order valence-electron chi connectivity index (χ4n) is 10.6. The Bertz CT molecular complexity index is 988. The SMILES string of the molecule is CC(C)CCC[C@H](C)[C@@H]1CC[C@@H]2[C@H]3C[C@@H]4O[C@@]45C[C@@H](OC(=O)c4ccccc4)CC[C@]5(C)[C@@H]3CC[C@]21C. The maximum atomic E-state index is 12.8. The van der Waals surface area contributed by atoms with Crippen molar-refractivity contribution >= 4 is 5.97 Å². The number of rotatable bonds is 7. The van der Waals surface area contributed by atoms with Crippen molar-refractivity contribution in [3.8, 4) is 0 Å². The lowest BCUT2D eigenvalue weighted by molar-refractivity contribution is -0.118. The molecule has 5 aliphatic rings. The van der Waals surface area contributed by atoms with E-state index in [-0.39, 0.29) is 23.1 Å². The minimum absolute atomic E-state index is 0.0151. The summed E-state index contributed by atoms with van der Waals surface area (Å²) in [6.45, 7) is 12.5. The molecule has 0 radical (unpaired) electrons. The van der Waals surface area contributed by atoms with Crippen LogP contribution in [-0.2, 0) is 9.47 Å². The van der Waals surface area contributed by atoms with E-state index in [1.807, 2.05) is 30.3 Å². The van der Waals surface area contributed by atoms with Gasteiger partial charge >= 0.3 is 5.97 Å². The molecule has 1 saturated heterocycles. The van der Waals surface area contributed by atoms with Crippen molar-refractivity contribution in [2.75, 3.05) is 0 Å². The second-order valence-electron chi connectivity index (χ2n) is 14.7. The third kappa shape index (κ3) is 4.12. The second kappa shape index (κ2) is 9.39. The minimum atomic E-state index is -0.176. The molecule has 0 N–H and O–H groups in total. The van der Waals surface area contributed by atoms with Gasteiger partial charge in [0.2, 0.25) is 0 Å². The van der Waals surface area contributed by atoms with Gasteiger partial charge in [0.05, 0.1) is 11.7 Å². The van der Waals surface area contributed by atoms with Crippen molar-refractivity contribution in [2.24, 2.45) is 46.3 Å². The van der Waals surface area contributed by atoms with E-state index in [4.69, 9.17) is 9.47 Å². The topological polar surface area (TPSA) is 38.8 Å². The van der Waals surface area contributed by atoms with Crippen LogP contribution in [0.4, 0.5) is 0 Å². The first-order valence-electron chi connectivity index (χ1n) is 15.6. The summed E-state index contributed by atoms with van der Waals surface area (Å²) in [5.74, 6) is 4.87. The maximum Gasteiger partial charge on any atom is 0.338 e. The molecule has 5 fully saturated rings. The molecule has 1 aliphatic heterocycles. The van der Waals surface area contributed by atoms with E-state index >= 15 is 0 Å². The quantitative estimate of drug-likeness (QED) is 0.275. The predicted octanol–water partition coefficient (Wildman–Crippen LogP) is 8.46.